The molecule has 5 heteroatoms. The molecule has 0 N–H and O–H groups in total. The molecular formula is C13H14ClN3O. The fourth-order valence-electron chi connectivity index (χ4n) is 2.26. The monoisotopic (exact) mass is 263 g/mol. The van der Waals surface area contributed by atoms with Crippen LogP contribution in [0.3, 0.4) is 0 Å². The molecule has 0 saturated carbocycles. The highest BCUT2D eigenvalue weighted by molar-refractivity contribution is 6.28. The van der Waals surface area contributed by atoms with E-state index in [1.807, 2.05) is 24.3 Å². The van der Waals surface area contributed by atoms with E-state index in [0.717, 1.165) is 30.4 Å². The number of likely N-dealkylation sites (N-methyl/N-ethyl adjacent to an activating group) is 1. The molecular weight excluding hydrogens is 250 g/mol. The van der Waals surface area contributed by atoms with Gasteiger partial charge in [-0.15, -0.1) is 0 Å². The lowest BCUT2D eigenvalue weighted by Crippen LogP contribution is -2.22. The minimum absolute atomic E-state index is 0.185. The number of hydrogen-bond donors (Lipinski definition) is 0. The first kappa shape index (κ1) is 11.7. The molecule has 1 saturated heterocycles. The van der Waals surface area contributed by atoms with Crippen LogP contribution < -0.4 is 4.74 Å². The molecule has 0 spiro atoms. The quantitative estimate of drug-likeness (QED) is 0.780. The summed E-state index contributed by atoms with van der Waals surface area (Å²) in [7, 11) is 2.09. The van der Waals surface area contributed by atoms with Crippen LogP contribution in [0.25, 0.3) is 10.9 Å². The third-order valence-electron chi connectivity index (χ3n) is 3.17. The first-order valence-electron chi connectivity index (χ1n) is 6.00. The lowest BCUT2D eigenvalue weighted by Gasteiger charge is -2.14. The fraction of sp³-hybridized carbons (Fsp3) is 0.385. The Morgan fingerprint density at radius 2 is 2.17 bits per heavy atom. The molecule has 1 fully saturated rings. The van der Waals surface area contributed by atoms with Gasteiger partial charge in [-0.2, -0.15) is 4.98 Å². The smallest absolute Gasteiger partial charge is 0.226 e. The van der Waals surface area contributed by atoms with Crippen LogP contribution in [0.2, 0.25) is 5.28 Å². The average Bonchev–Trinajstić information content (AvgIpc) is 2.74. The normalized spacial score (nSPS) is 20.4. The third kappa shape index (κ3) is 2.26. The lowest BCUT2D eigenvalue weighted by atomic mass is 10.2. The van der Waals surface area contributed by atoms with Crippen molar-refractivity contribution in [3.05, 3.63) is 29.5 Å². The molecule has 4 nitrogen and oxygen atoms in total. The maximum atomic E-state index is 5.96. The van der Waals surface area contributed by atoms with Crippen LogP contribution in [0, 0.1) is 0 Å². The van der Waals surface area contributed by atoms with Crippen molar-refractivity contribution in [2.24, 2.45) is 0 Å². The SMILES string of the molecule is CN1CCC(Oc2nc(Cl)nc3ccccc23)C1. The van der Waals surface area contributed by atoms with Gasteiger partial charge in [0.1, 0.15) is 6.10 Å². The highest BCUT2D eigenvalue weighted by Gasteiger charge is 2.22. The van der Waals surface area contributed by atoms with Gasteiger partial charge < -0.3 is 9.64 Å². The van der Waals surface area contributed by atoms with Crippen molar-refractivity contribution in [1.82, 2.24) is 14.9 Å². The fourth-order valence-corrected chi connectivity index (χ4v) is 2.43. The predicted molar refractivity (Wildman–Crippen MR) is 71.1 cm³/mol. The molecule has 94 valence electrons. The summed E-state index contributed by atoms with van der Waals surface area (Å²) in [6.07, 6.45) is 1.20. The van der Waals surface area contributed by atoms with Gasteiger partial charge in [0.25, 0.3) is 0 Å². The highest BCUT2D eigenvalue weighted by atomic mass is 35.5. The van der Waals surface area contributed by atoms with Gasteiger partial charge in [0, 0.05) is 13.1 Å². The van der Waals surface area contributed by atoms with Crippen molar-refractivity contribution in [2.45, 2.75) is 12.5 Å². The zero-order valence-electron chi connectivity index (χ0n) is 10.1. The lowest BCUT2D eigenvalue weighted by molar-refractivity contribution is 0.203. The van der Waals surface area contributed by atoms with E-state index in [1.165, 1.54) is 0 Å². The molecule has 2 aromatic rings. The zero-order valence-corrected chi connectivity index (χ0v) is 10.9. The summed E-state index contributed by atoms with van der Waals surface area (Å²) in [5, 5.41) is 1.14. The molecule has 0 amide bonds. The Balaban J connectivity index is 1.95. The van der Waals surface area contributed by atoms with Gasteiger partial charge in [-0.1, -0.05) is 12.1 Å². The molecule has 1 aliphatic heterocycles. The number of halogens is 1. The van der Waals surface area contributed by atoms with Crippen LogP contribution in [0.4, 0.5) is 0 Å². The zero-order chi connectivity index (χ0) is 12.5. The van der Waals surface area contributed by atoms with Crippen molar-refractivity contribution in [2.75, 3.05) is 20.1 Å². The molecule has 0 aliphatic carbocycles. The van der Waals surface area contributed by atoms with Gasteiger partial charge in [-0.3, -0.25) is 0 Å². The third-order valence-corrected chi connectivity index (χ3v) is 3.34. The van der Waals surface area contributed by atoms with E-state index in [1.54, 1.807) is 0 Å². The van der Waals surface area contributed by atoms with Gasteiger partial charge in [0.2, 0.25) is 11.2 Å². The van der Waals surface area contributed by atoms with E-state index in [9.17, 15) is 0 Å². The van der Waals surface area contributed by atoms with Crippen LogP contribution >= 0.6 is 11.6 Å². The molecule has 2 heterocycles. The number of fused-ring (bicyclic) bond motifs is 1. The number of nitrogens with zero attached hydrogens (tertiary/aromatic N) is 3. The average molecular weight is 264 g/mol. The second kappa shape index (κ2) is 4.71. The van der Waals surface area contributed by atoms with Crippen LogP contribution in [0.15, 0.2) is 24.3 Å². The molecule has 1 aromatic carbocycles. The minimum atomic E-state index is 0.185. The maximum Gasteiger partial charge on any atom is 0.226 e. The van der Waals surface area contributed by atoms with Crippen LogP contribution in [0.5, 0.6) is 5.88 Å². The first-order chi connectivity index (χ1) is 8.72. The van der Waals surface area contributed by atoms with E-state index in [-0.39, 0.29) is 11.4 Å². The molecule has 1 aromatic heterocycles. The number of benzene rings is 1. The van der Waals surface area contributed by atoms with Crippen molar-refractivity contribution in [1.29, 1.82) is 0 Å². The van der Waals surface area contributed by atoms with E-state index in [2.05, 4.69) is 21.9 Å². The summed E-state index contributed by atoms with van der Waals surface area (Å²) in [5.41, 5.74) is 0.818. The predicted octanol–water partition coefficient (Wildman–Crippen LogP) is 2.37. The number of ether oxygens (including phenoxy) is 1. The number of aromatic nitrogens is 2. The Morgan fingerprint density at radius 1 is 1.33 bits per heavy atom. The molecule has 3 rings (SSSR count). The van der Waals surface area contributed by atoms with Crippen LogP contribution in [-0.2, 0) is 0 Å². The number of likely N-dealkylation sites (tertiary alicyclic amines) is 1. The van der Waals surface area contributed by atoms with Gasteiger partial charge in [-0.05, 0) is 37.2 Å². The Labute approximate surface area is 111 Å². The molecule has 18 heavy (non-hydrogen) atoms. The molecule has 0 bridgehead atoms. The van der Waals surface area contributed by atoms with Crippen molar-refractivity contribution in [3.8, 4) is 5.88 Å². The van der Waals surface area contributed by atoms with E-state index >= 15 is 0 Å². The Bertz CT molecular complexity index is 575. The topological polar surface area (TPSA) is 38.2 Å². The van der Waals surface area contributed by atoms with Gasteiger partial charge in [-0.25, -0.2) is 4.98 Å². The summed E-state index contributed by atoms with van der Waals surface area (Å²) in [5.74, 6) is 0.589. The summed E-state index contributed by atoms with van der Waals surface area (Å²) in [6, 6.07) is 7.75. The molecule has 1 atom stereocenters. The van der Waals surface area contributed by atoms with Crippen LogP contribution in [-0.4, -0.2) is 41.1 Å². The molecule has 0 radical (unpaired) electrons. The summed E-state index contributed by atoms with van der Waals surface area (Å²) in [6.45, 7) is 1.98. The summed E-state index contributed by atoms with van der Waals surface area (Å²) in [4.78, 5) is 10.6. The van der Waals surface area contributed by atoms with Crippen molar-refractivity contribution in [3.63, 3.8) is 0 Å². The van der Waals surface area contributed by atoms with Gasteiger partial charge >= 0.3 is 0 Å². The Kier molecular flexibility index (Phi) is 3.06. The van der Waals surface area contributed by atoms with E-state index in [4.69, 9.17) is 16.3 Å². The second-order valence-corrected chi connectivity index (χ2v) is 4.94. The van der Waals surface area contributed by atoms with Gasteiger partial charge in [0.15, 0.2) is 0 Å². The first-order valence-corrected chi connectivity index (χ1v) is 6.37. The van der Waals surface area contributed by atoms with Crippen molar-refractivity contribution < 1.29 is 4.74 Å². The summed E-state index contributed by atoms with van der Waals surface area (Å²) >= 11 is 5.93. The molecule has 1 unspecified atom stereocenters. The Hall–Kier alpha value is -1.39. The highest BCUT2D eigenvalue weighted by Crippen LogP contribution is 2.26. The molecule has 1 aliphatic rings. The summed E-state index contributed by atoms with van der Waals surface area (Å²) < 4.78 is 5.96. The van der Waals surface area contributed by atoms with Crippen molar-refractivity contribution >= 4 is 22.5 Å². The second-order valence-electron chi connectivity index (χ2n) is 4.61. The minimum Gasteiger partial charge on any atom is -0.472 e. The number of para-hydroxylation sites is 1. The number of hydrogen-bond acceptors (Lipinski definition) is 4. The van der Waals surface area contributed by atoms with E-state index in [0.29, 0.717) is 5.88 Å². The number of rotatable bonds is 2. The van der Waals surface area contributed by atoms with Crippen LogP contribution in [0.1, 0.15) is 6.42 Å². The largest absolute Gasteiger partial charge is 0.472 e. The standard InChI is InChI=1S/C13H14ClN3O/c1-17-7-6-9(8-17)18-12-10-4-2-3-5-11(10)15-13(14)16-12/h2-5,9H,6-8H2,1H3. The van der Waals surface area contributed by atoms with Gasteiger partial charge in [0.05, 0.1) is 10.9 Å². The van der Waals surface area contributed by atoms with E-state index < -0.39 is 0 Å². The maximum absolute atomic E-state index is 5.96. The Morgan fingerprint density at radius 3 is 2.94 bits per heavy atom.